The van der Waals surface area contributed by atoms with Crippen LogP contribution in [0.2, 0.25) is 0 Å². The molecule has 1 aliphatic rings. The van der Waals surface area contributed by atoms with E-state index < -0.39 is 0 Å². The summed E-state index contributed by atoms with van der Waals surface area (Å²) in [6.07, 6.45) is 1.60. The number of benzene rings is 1. The molecule has 13 heavy (non-hydrogen) atoms. The second-order valence-electron chi connectivity index (χ2n) is 3.29. The highest BCUT2D eigenvalue weighted by Gasteiger charge is 2.23. The number of Topliss-reactive ketones (excluding diaryl/α,β-unsaturated/α-hetero) is 1. The first-order valence-electron chi connectivity index (χ1n) is 4.62. The van der Waals surface area contributed by atoms with Gasteiger partial charge in [0, 0.05) is 13.0 Å². The van der Waals surface area contributed by atoms with Gasteiger partial charge in [-0.05, 0) is 12.0 Å². The van der Waals surface area contributed by atoms with Crippen molar-refractivity contribution in [1.82, 2.24) is 5.32 Å². The molecule has 0 saturated carbocycles. The standard InChI is InChI=1S/C11H12NO/c13-10-7-4-8-12-11(10)9-5-2-1-3-6-9/h1-3,5-6,11H,4,7-8H2. The van der Waals surface area contributed by atoms with E-state index in [1.807, 2.05) is 30.3 Å². The first-order chi connectivity index (χ1) is 6.38. The molecule has 1 aromatic rings. The van der Waals surface area contributed by atoms with E-state index in [-0.39, 0.29) is 11.8 Å². The Morgan fingerprint density at radius 1 is 1.23 bits per heavy atom. The summed E-state index contributed by atoms with van der Waals surface area (Å²) >= 11 is 0. The van der Waals surface area contributed by atoms with E-state index in [2.05, 4.69) is 5.32 Å². The zero-order valence-electron chi connectivity index (χ0n) is 7.44. The maximum atomic E-state index is 11.5. The Morgan fingerprint density at radius 3 is 2.69 bits per heavy atom. The number of carbonyl (C=O) groups is 1. The van der Waals surface area contributed by atoms with Crippen LogP contribution in [0.4, 0.5) is 0 Å². The third-order valence-electron chi connectivity index (χ3n) is 2.31. The summed E-state index contributed by atoms with van der Waals surface area (Å²) in [5.41, 5.74) is 1.03. The Bertz CT molecular complexity index is 294. The molecule has 1 aromatic carbocycles. The third-order valence-corrected chi connectivity index (χ3v) is 2.31. The number of rotatable bonds is 1. The summed E-state index contributed by atoms with van der Waals surface area (Å²) in [5.74, 6) is 0.262. The van der Waals surface area contributed by atoms with Crippen LogP contribution in [0.25, 0.3) is 0 Å². The van der Waals surface area contributed by atoms with Gasteiger partial charge in [-0.15, -0.1) is 0 Å². The van der Waals surface area contributed by atoms with Crippen molar-refractivity contribution in [3.05, 3.63) is 35.9 Å². The summed E-state index contributed by atoms with van der Waals surface area (Å²) in [6.45, 7) is 0.825. The summed E-state index contributed by atoms with van der Waals surface area (Å²) in [6, 6.07) is 9.61. The Balaban J connectivity index is 2.20. The first-order valence-corrected chi connectivity index (χ1v) is 4.62. The van der Waals surface area contributed by atoms with Gasteiger partial charge >= 0.3 is 0 Å². The molecule has 2 heteroatoms. The molecule has 1 unspecified atom stereocenters. The Kier molecular flexibility index (Phi) is 2.41. The average Bonchev–Trinajstić information content (AvgIpc) is 2.20. The highest BCUT2D eigenvalue weighted by molar-refractivity contribution is 5.85. The molecular formula is C11H12NO. The molecule has 67 valence electrons. The maximum absolute atomic E-state index is 11.5. The second kappa shape index (κ2) is 3.71. The lowest BCUT2D eigenvalue weighted by molar-refractivity contribution is -0.122. The maximum Gasteiger partial charge on any atom is 0.155 e. The Morgan fingerprint density at radius 2 is 2.00 bits per heavy atom. The van der Waals surface area contributed by atoms with Gasteiger partial charge in [-0.3, -0.25) is 4.79 Å². The van der Waals surface area contributed by atoms with Crippen LogP contribution in [0.5, 0.6) is 0 Å². The number of piperidine rings is 1. The molecule has 1 fully saturated rings. The molecule has 0 aromatic heterocycles. The van der Waals surface area contributed by atoms with Gasteiger partial charge in [0.2, 0.25) is 0 Å². The van der Waals surface area contributed by atoms with Gasteiger partial charge in [0.05, 0.1) is 0 Å². The van der Waals surface area contributed by atoms with Crippen molar-refractivity contribution >= 4 is 5.78 Å². The van der Waals surface area contributed by atoms with Crippen molar-refractivity contribution in [2.45, 2.75) is 18.9 Å². The zero-order valence-corrected chi connectivity index (χ0v) is 7.44. The molecular weight excluding hydrogens is 162 g/mol. The van der Waals surface area contributed by atoms with E-state index in [0.717, 1.165) is 18.5 Å². The van der Waals surface area contributed by atoms with Crippen LogP contribution in [0.1, 0.15) is 24.4 Å². The highest BCUT2D eigenvalue weighted by atomic mass is 16.1. The second-order valence-corrected chi connectivity index (χ2v) is 3.29. The molecule has 0 N–H and O–H groups in total. The van der Waals surface area contributed by atoms with E-state index >= 15 is 0 Å². The number of hydrogen-bond acceptors (Lipinski definition) is 1. The molecule has 0 amide bonds. The van der Waals surface area contributed by atoms with E-state index in [4.69, 9.17) is 0 Å². The number of hydrogen-bond donors (Lipinski definition) is 0. The predicted octanol–water partition coefficient (Wildman–Crippen LogP) is 1.70. The van der Waals surface area contributed by atoms with Crippen LogP contribution in [-0.2, 0) is 4.79 Å². The minimum atomic E-state index is -0.185. The molecule has 0 bridgehead atoms. The van der Waals surface area contributed by atoms with Crippen LogP contribution in [0, 0.1) is 0 Å². The van der Waals surface area contributed by atoms with Crippen molar-refractivity contribution < 1.29 is 4.79 Å². The summed E-state index contributed by atoms with van der Waals surface area (Å²) in [7, 11) is 0. The van der Waals surface area contributed by atoms with E-state index in [1.54, 1.807) is 0 Å². The van der Waals surface area contributed by atoms with Gasteiger partial charge in [-0.25, -0.2) is 5.32 Å². The van der Waals surface area contributed by atoms with E-state index in [1.165, 1.54) is 0 Å². The number of carbonyl (C=O) groups excluding carboxylic acids is 1. The van der Waals surface area contributed by atoms with Crippen molar-refractivity contribution in [3.63, 3.8) is 0 Å². The lowest BCUT2D eigenvalue weighted by atomic mass is 9.96. The molecule has 2 rings (SSSR count). The molecule has 1 aliphatic heterocycles. The highest BCUT2D eigenvalue weighted by Crippen LogP contribution is 2.20. The Hall–Kier alpha value is -1.15. The van der Waals surface area contributed by atoms with Crippen molar-refractivity contribution in [1.29, 1.82) is 0 Å². The SMILES string of the molecule is O=C1CCC[N]C1c1ccccc1. The molecule has 1 heterocycles. The van der Waals surface area contributed by atoms with Crippen molar-refractivity contribution in [2.24, 2.45) is 0 Å². The van der Waals surface area contributed by atoms with E-state index in [0.29, 0.717) is 6.42 Å². The van der Waals surface area contributed by atoms with Gasteiger partial charge in [-0.1, -0.05) is 30.3 Å². The summed E-state index contributed by atoms with van der Waals surface area (Å²) < 4.78 is 0. The number of ketones is 1. The fraction of sp³-hybridized carbons (Fsp3) is 0.364. The zero-order chi connectivity index (χ0) is 9.10. The van der Waals surface area contributed by atoms with Gasteiger partial charge in [-0.2, -0.15) is 0 Å². The van der Waals surface area contributed by atoms with Crippen molar-refractivity contribution in [2.75, 3.05) is 6.54 Å². The molecule has 2 nitrogen and oxygen atoms in total. The number of nitrogens with zero attached hydrogens (tertiary/aromatic N) is 1. The summed E-state index contributed by atoms with van der Waals surface area (Å²) in [5, 5.41) is 4.33. The van der Waals surface area contributed by atoms with Crippen molar-refractivity contribution in [3.8, 4) is 0 Å². The lowest BCUT2D eigenvalue weighted by Crippen LogP contribution is -2.28. The van der Waals surface area contributed by atoms with Gasteiger partial charge in [0.25, 0.3) is 0 Å². The van der Waals surface area contributed by atoms with Crippen LogP contribution < -0.4 is 5.32 Å². The fourth-order valence-electron chi connectivity index (χ4n) is 1.64. The quantitative estimate of drug-likeness (QED) is 0.637. The average molecular weight is 174 g/mol. The topological polar surface area (TPSA) is 31.2 Å². The van der Waals surface area contributed by atoms with Crippen LogP contribution in [-0.4, -0.2) is 12.3 Å². The molecule has 1 radical (unpaired) electrons. The van der Waals surface area contributed by atoms with Crippen LogP contribution in [0.15, 0.2) is 30.3 Å². The smallest absolute Gasteiger partial charge is 0.155 e. The van der Waals surface area contributed by atoms with Gasteiger partial charge in [0.15, 0.2) is 5.78 Å². The minimum absolute atomic E-state index is 0.185. The van der Waals surface area contributed by atoms with Crippen LogP contribution >= 0.6 is 0 Å². The molecule has 0 spiro atoms. The summed E-state index contributed by atoms with van der Waals surface area (Å²) in [4.78, 5) is 11.5. The first kappa shape index (κ1) is 8.45. The molecule has 1 saturated heterocycles. The lowest BCUT2D eigenvalue weighted by Gasteiger charge is -2.20. The van der Waals surface area contributed by atoms with Gasteiger partial charge < -0.3 is 0 Å². The molecule has 0 aliphatic carbocycles. The Labute approximate surface area is 78.0 Å². The molecule has 1 atom stereocenters. The van der Waals surface area contributed by atoms with Gasteiger partial charge in [0.1, 0.15) is 6.04 Å². The van der Waals surface area contributed by atoms with E-state index in [9.17, 15) is 4.79 Å². The fourth-order valence-corrected chi connectivity index (χ4v) is 1.64. The normalized spacial score (nSPS) is 23.1. The van der Waals surface area contributed by atoms with Crippen LogP contribution in [0.3, 0.4) is 0 Å². The monoisotopic (exact) mass is 174 g/mol. The predicted molar refractivity (Wildman–Crippen MR) is 50.4 cm³/mol. The largest absolute Gasteiger partial charge is 0.297 e. The minimum Gasteiger partial charge on any atom is -0.297 e. The third kappa shape index (κ3) is 1.78.